The maximum atomic E-state index is 12.2. The zero-order chi connectivity index (χ0) is 16.9. The van der Waals surface area contributed by atoms with Crippen LogP contribution in [0.25, 0.3) is 0 Å². The van der Waals surface area contributed by atoms with E-state index in [2.05, 4.69) is 0 Å². The third-order valence-corrected chi connectivity index (χ3v) is 3.54. The molecular weight excluding hydrogens is 331 g/mol. The van der Waals surface area contributed by atoms with Gasteiger partial charge in [0, 0.05) is 17.7 Å². The minimum atomic E-state index is -1.72. The van der Waals surface area contributed by atoms with Crippen LogP contribution >= 0.6 is 0 Å². The van der Waals surface area contributed by atoms with Gasteiger partial charge in [-0.1, -0.05) is 0 Å². The van der Waals surface area contributed by atoms with E-state index in [1.807, 2.05) is 0 Å². The Balaban J connectivity index is 0.00000208. The number of carbonyl (C=O) groups excluding carboxylic acids is 1. The molecule has 0 amide bonds. The summed E-state index contributed by atoms with van der Waals surface area (Å²) in [7, 11) is 0. The number of rotatable bonds is 1. The van der Waals surface area contributed by atoms with Gasteiger partial charge in [-0.2, -0.15) is 0 Å². The Kier molecular flexibility index (Phi) is 4.86. The fourth-order valence-electron chi connectivity index (χ4n) is 2.45. The molecule has 1 aliphatic heterocycles. The van der Waals surface area contributed by atoms with Gasteiger partial charge in [-0.15, -0.1) is 0 Å². The minimum absolute atomic E-state index is 0. The van der Waals surface area contributed by atoms with Crippen LogP contribution in [0.2, 0.25) is 0 Å². The number of hydrogen-bond acceptors (Lipinski definition) is 8. The number of fused-ring (bicyclic) bond motifs is 1. The first-order valence-electron chi connectivity index (χ1n) is 6.49. The quantitative estimate of drug-likeness (QED) is 0.318. The van der Waals surface area contributed by atoms with Crippen LogP contribution in [0.4, 0.5) is 0 Å². The summed E-state index contributed by atoms with van der Waals surface area (Å²) in [6, 6.07) is 4.06. The second-order valence-corrected chi connectivity index (χ2v) is 5.09. The molecule has 0 saturated carbocycles. The average Bonchev–Trinajstić information content (AvgIpc) is 2.47. The number of carbonyl (C=O) groups is 1. The van der Waals surface area contributed by atoms with E-state index in [0.717, 1.165) is 24.3 Å². The predicted molar refractivity (Wildman–Crippen MR) is 82.1 cm³/mol. The molecule has 122 valence electrons. The molecule has 0 aromatic heterocycles. The van der Waals surface area contributed by atoms with Crippen molar-refractivity contribution in [1.82, 2.24) is 0 Å². The zero-order valence-corrected chi connectivity index (χ0v) is 11.5. The molecule has 6 N–H and O–H groups in total. The summed E-state index contributed by atoms with van der Waals surface area (Å²) in [6.45, 7) is 0. The van der Waals surface area contributed by atoms with E-state index in [0.29, 0.717) is 0 Å². The van der Waals surface area contributed by atoms with Gasteiger partial charge in [0.25, 0.3) is 0 Å². The summed E-state index contributed by atoms with van der Waals surface area (Å²) in [6.07, 6.45) is -3.03. The first kappa shape index (κ1) is 18.2. The predicted octanol–water partition coefficient (Wildman–Crippen LogP) is 0.243. The van der Waals surface area contributed by atoms with Crippen LogP contribution in [-0.2, 0) is 0 Å². The Morgan fingerprint density at radius 1 is 0.875 bits per heavy atom. The molecule has 0 saturated heterocycles. The number of aliphatic hydroxyl groups excluding tert-OH is 1. The Hall–Kier alpha value is -2.13. The van der Waals surface area contributed by atoms with Crippen LogP contribution in [0.15, 0.2) is 24.3 Å². The Morgan fingerprint density at radius 3 is 2.04 bits per heavy atom. The Bertz CT molecular complexity index is 796. The molecule has 0 fully saturated rings. The van der Waals surface area contributed by atoms with Crippen molar-refractivity contribution < 1.29 is 40.2 Å². The fraction of sp³-hybridized carbons (Fsp3) is 0.133. The monoisotopic (exact) mass is 344 g/mol. The molecule has 3 rings (SSSR count). The third kappa shape index (κ3) is 2.84. The molecule has 2 atom stereocenters. The van der Waals surface area contributed by atoms with Crippen molar-refractivity contribution >= 4 is 35.3 Å². The van der Waals surface area contributed by atoms with Crippen LogP contribution in [0.3, 0.4) is 0 Å². The van der Waals surface area contributed by atoms with E-state index in [4.69, 9.17) is 4.74 Å². The SMILES string of the molecule is O=C1c2c(O)cc(O)cc2O[C@@H](c2cc(O)c(O)c(O)c2)[C@@H]1O.[NaH]. The van der Waals surface area contributed by atoms with Crippen molar-refractivity contribution in [3.8, 4) is 34.5 Å². The molecule has 1 aliphatic rings. The molecule has 0 aliphatic carbocycles. The molecule has 2 aromatic carbocycles. The van der Waals surface area contributed by atoms with Gasteiger partial charge in [0.15, 0.2) is 29.5 Å². The summed E-state index contributed by atoms with van der Waals surface area (Å²) >= 11 is 0. The number of phenolic OH excluding ortho intramolecular Hbond substituents is 5. The van der Waals surface area contributed by atoms with Crippen LogP contribution in [0.5, 0.6) is 34.5 Å². The van der Waals surface area contributed by atoms with Gasteiger partial charge in [0.05, 0.1) is 0 Å². The van der Waals surface area contributed by atoms with Gasteiger partial charge in [0.1, 0.15) is 22.8 Å². The van der Waals surface area contributed by atoms with Crippen molar-refractivity contribution in [2.24, 2.45) is 0 Å². The first-order chi connectivity index (χ1) is 10.8. The molecule has 2 aromatic rings. The normalized spacial score (nSPS) is 19.1. The van der Waals surface area contributed by atoms with Gasteiger partial charge in [-0.25, -0.2) is 0 Å². The molecule has 0 unspecified atom stereocenters. The molecule has 0 spiro atoms. The standard InChI is InChI=1S/C15H12O8.Na.H/c16-6-3-7(17)11-10(4-6)23-15(14(22)13(11)21)5-1-8(18)12(20)9(19)2-5;;/h1-4,14-20,22H;;/t14-,15+;;/m1../s1. The number of hydrogen-bond donors (Lipinski definition) is 6. The van der Waals surface area contributed by atoms with Crippen molar-refractivity contribution in [3.05, 3.63) is 35.4 Å². The second kappa shape index (κ2) is 6.40. The van der Waals surface area contributed by atoms with Crippen molar-refractivity contribution in [2.45, 2.75) is 12.2 Å². The Labute approximate surface area is 157 Å². The van der Waals surface area contributed by atoms with E-state index in [9.17, 15) is 35.4 Å². The van der Waals surface area contributed by atoms with Crippen molar-refractivity contribution in [1.29, 1.82) is 0 Å². The van der Waals surface area contributed by atoms with Gasteiger partial charge in [-0.3, -0.25) is 4.79 Å². The Morgan fingerprint density at radius 2 is 1.46 bits per heavy atom. The van der Waals surface area contributed by atoms with Crippen LogP contribution in [-0.4, -0.2) is 72.1 Å². The first-order valence-corrected chi connectivity index (χ1v) is 6.49. The van der Waals surface area contributed by atoms with Crippen molar-refractivity contribution in [2.75, 3.05) is 0 Å². The van der Waals surface area contributed by atoms with E-state index in [1.165, 1.54) is 0 Å². The van der Waals surface area contributed by atoms with Gasteiger partial charge < -0.3 is 35.4 Å². The molecular formula is C15H13NaO8. The summed E-state index contributed by atoms with van der Waals surface area (Å²) in [5, 5.41) is 57.7. The summed E-state index contributed by atoms with van der Waals surface area (Å²) < 4.78 is 5.42. The maximum absolute atomic E-state index is 12.2. The molecule has 9 heteroatoms. The number of ether oxygens (including phenoxy) is 1. The van der Waals surface area contributed by atoms with Gasteiger partial charge in [-0.05, 0) is 12.1 Å². The van der Waals surface area contributed by atoms with E-state index in [-0.39, 0.29) is 52.2 Å². The van der Waals surface area contributed by atoms with E-state index >= 15 is 0 Å². The van der Waals surface area contributed by atoms with Crippen LogP contribution in [0.1, 0.15) is 22.0 Å². The van der Waals surface area contributed by atoms with E-state index in [1.54, 1.807) is 0 Å². The van der Waals surface area contributed by atoms with Crippen LogP contribution in [0, 0.1) is 0 Å². The number of phenols is 5. The summed E-state index contributed by atoms with van der Waals surface area (Å²) in [5.41, 5.74) is -0.258. The zero-order valence-electron chi connectivity index (χ0n) is 11.5. The fourth-order valence-corrected chi connectivity index (χ4v) is 2.45. The third-order valence-electron chi connectivity index (χ3n) is 3.54. The number of Topliss-reactive ketones (excluding diaryl/α,β-unsaturated/α-hetero) is 1. The van der Waals surface area contributed by atoms with Crippen LogP contribution < -0.4 is 4.74 Å². The molecule has 8 nitrogen and oxygen atoms in total. The summed E-state index contributed by atoms with van der Waals surface area (Å²) in [5.74, 6) is -3.96. The summed E-state index contributed by atoms with van der Waals surface area (Å²) in [4.78, 5) is 12.2. The van der Waals surface area contributed by atoms with E-state index < -0.39 is 41.0 Å². The second-order valence-electron chi connectivity index (χ2n) is 5.09. The van der Waals surface area contributed by atoms with Gasteiger partial charge >= 0.3 is 29.6 Å². The molecule has 0 bridgehead atoms. The van der Waals surface area contributed by atoms with Crippen molar-refractivity contribution in [3.63, 3.8) is 0 Å². The molecule has 0 radical (unpaired) electrons. The number of aromatic hydroxyl groups is 5. The molecule has 24 heavy (non-hydrogen) atoms. The average molecular weight is 344 g/mol. The molecule has 1 heterocycles. The topological polar surface area (TPSA) is 148 Å². The number of ketones is 1. The number of benzene rings is 2. The van der Waals surface area contributed by atoms with Gasteiger partial charge in [0.2, 0.25) is 5.78 Å². The number of aliphatic hydroxyl groups is 1.